The van der Waals surface area contributed by atoms with Gasteiger partial charge in [-0.15, -0.1) is 0 Å². The summed E-state index contributed by atoms with van der Waals surface area (Å²) < 4.78 is 0. The lowest BCUT2D eigenvalue weighted by molar-refractivity contribution is -0.139. The second-order valence-corrected chi connectivity index (χ2v) is 6.92. The highest BCUT2D eigenvalue weighted by atomic mass is 16.2. The number of nitrogens with zero attached hydrogens (tertiary/aromatic N) is 2. The molecule has 132 valence electrons. The van der Waals surface area contributed by atoms with Crippen LogP contribution in [0.4, 0.5) is 0 Å². The Labute approximate surface area is 145 Å². The summed E-state index contributed by atoms with van der Waals surface area (Å²) in [6.45, 7) is 11.0. The van der Waals surface area contributed by atoms with Crippen molar-refractivity contribution in [3.63, 3.8) is 0 Å². The molecule has 0 bridgehead atoms. The van der Waals surface area contributed by atoms with Crippen molar-refractivity contribution in [1.29, 1.82) is 0 Å². The largest absolute Gasteiger partial charge is 0.339 e. The van der Waals surface area contributed by atoms with Crippen LogP contribution in [-0.4, -0.2) is 47.8 Å². The Balaban J connectivity index is 1.91. The zero-order valence-electron chi connectivity index (χ0n) is 15.5. The molecule has 0 unspecified atom stereocenters. The van der Waals surface area contributed by atoms with E-state index >= 15 is 0 Å². The van der Waals surface area contributed by atoms with Crippen molar-refractivity contribution in [2.45, 2.75) is 53.4 Å². The van der Waals surface area contributed by atoms with Crippen LogP contribution in [0.15, 0.2) is 12.1 Å². The highest BCUT2D eigenvalue weighted by molar-refractivity contribution is 5.80. The zero-order valence-corrected chi connectivity index (χ0v) is 15.5. The summed E-state index contributed by atoms with van der Waals surface area (Å²) in [5.41, 5.74) is 4.76. The lowest BCUT2D eigenvalue weighted by Gasteiger charge is -2.35. The first-order valence-corrected chi connectivity index (χ1v) is 9.04. The normalized spacial score (nSPS) is 14.8. The number of rotatable bonds is 5. The highest BCUT2D eigenvalue weighted by Crippen LogP contribution is 2.18. The molecular formula is C20H30N2O2. The molecule has 0 aromatic heterocycles. The minimum absolute atomic E-state index is 0.172. The maximum absolute atomic E-state index is 12.6. The maximum atomic E-state index is 12.6. The molecule has 0 spiro atoms. The molecule has 4 heteroatoms. The fraction of sp³-hybridized carbons (Fsp3) is 0.600. The number of carbonyl (C=O) groups excluding carboxylic acids is 2. The first-order valence-electron chi connectivity index (χ1n) is 9.04. The van der Waals surface area contributed by atoms with E-state index in [-0.39, 0.29) is 11.8 Å². The minimum Gasteiger partial charge on any atom is -0.339 e. The molecule has 0 N–H and O–H groups in total. The Bertz CT molecular complexity index is 579. The van der Waals surface area contributed by atoms with E-state index in [1.165, 1.54) is 16.7 Å². The van der Waals surface area contributed by atoms with Crippen LogP contribution in [0.2, 0.25) is 0 Å². The van der Waals surface area contributed by atoms with Gasteiger partial charge >= 0.3 is 0 Å². The van der Waals surface area contributed by atoms with Gasteiger partial charge < -0.3 is 9.80 Å². The predicted octanol–water partition coefficient (Wildman–Crippen LogP) is 3.02. The number of aryl methyl sites for hydroxylation is 3. The first kappa shape index (κ1) is 18.5. The smallest absolute Gasteiger partial charge is 0.227 e. The fourth-order valence-corrected chi connectivity index (χ4v) is 3.44. The number of benzene rings is 1. The third-order valence-corrected chi connectivity index (χ3v) is 4.90. The maximum Gasteiger partial charge on any atom is 0.227 e. The predicted molar refractivity (Wildman–Crippen MR) is 97.0 cm³/mol. The van der Waals surface area contributed by atoms with Gasteiger partial charge in [0.15, 0.2) is 0 Å². The molecule has 4 nitrogen and oxygen atoms in total. The van der Waals surface area contributed by atoms with Gasteiger partial charge in [-0.1, -0.05) is 31.0 Å². The van der Waals surface area contributed by atoms with Crippen molar-refractivity contribution in [2.24, 2.45) is 0 Å². The van der Waals surface area contributed by atoms with Crippen LogP contribution >= 0.6 is 0 Å². The Morgan fingerprint density at radius 1 is 0.917 bits per heavy atom. The number of piperazine rings is 1. The molecule has 1 aromatic rings. The summed E-state index contributed by atoms with van der Waals surface area (Å²) >= 11 is 0. The molecule has 2 rings (SSSR count). The molecule has 1 aliphatic heterocycles. The van der Waals surface area contributed by atoms with Crippen molar-refractivity contribution in [2.75, 3.05) is 26.2 Å². The van der Waals surface area contributed by atoms with Crippen LogP contribution in [-0.2, 0) is 16.0 Å². The Morgan fingerprint density at radius 3 is 1.92 bits per heavy atom. The van der Waals surface area contributed by atoms with Gasteiger partial charge in [0.05, 0.1) is 6.42 Å². The summed E-state index contributed by atoms with van der Waals surface area (Å²) in [7, 11) is 0. The summed E-state index contributed by atoms with van der Waals surface area (Å²) in [5, 5.41) is 0. The van der Waals surface area contributed by atoms with Crippen LogP contribution in [0.25, 0.3) is 0 Å². The van der Waals surface area contributed by atoms with Gasteiger partial charge in [0.1, 0.15) is 0 Å². The van der Waals surface area contributed by atoms with E-state index < -0.39 is 0 Å². The molecule has 1 heterocycles. The molecule has 24 heavy (non-hydrogen) atoms. The van der Waals surface area contributed by atoms with E-state index in [9.17, 15) is 9.59 Å². The summed E-state index contributed by atoms with van der Waals surface area (Å²) in [6, 6.07) is 4.28. The lowest BCUT2D eigenvalue weighted by Crippen LogP contribution is -2.51. The van der Waals surface area contributed by atoms with Crippen molar-refractivity contribution in [3.8, 4) is 0 Å². The molecule has 0 radical (unpaired) electrons. The van der Waals surface area contributed by atoms with Gasteiger partial charge in [0.2, 0.25) is 11.8 Å². The number of carbonyl (C=O) groups is 2. The molecule has 1 saturated heterocycles. The molecule has 0 aliphatic carbocycles. The standard InChI is InChI=1S/C20H30N2O2/c1-5-6-7-19(23)21-8-10-22(11-9-21)20(24)14-18-16(3)12-15(2)13-17(18)4/h12-13H,5-11,14H2,1-4H3. The van der Waals surface area contributed by atoms with Crippen LogP contribution in [0.3, 0.4) is 0 Å². The van der Waals surface area contributed by atoms with Gasteiger partial charge in [-0.3, -0.25) is 9.59 Å². The van der Waals surface area contributed by atoms with E-state index in [1.54, 1.807) is 0 Å². The molecule has 2 amide bonds. The van der Waals surface area contributed by atoms with Crippen molar-refractivity contribution in [3.05, 3.63) is 34.4 Å². The highest BCUT2D eigenvalue weighted by Gasteiger charge is 2.24. The topological polar surface area (TPSA) is 40.6 Å². The van der Waals surface area contributed by atoms with Crippen molar-refractivity contribution >= 4 is 11.8 Å². The van der Waals surface area contributed by atoms with Crippen LogP contribution in [0.5, 0.6) is 0 Å². The SMILES string of the molecule is CCCCC(=O)N1CCN(C(=O)Cc2c(C)cc(C)cc2C)CC1. The Hall–Kier alpha value is -1.84. The van der Waals surface area contributed by atoms with E-state index in [4.69, 9.17) is 0 Å². The molecule has 1 aliphatic rings. The average Bonchev–Trinajstić information content (AvgIpc) is 2.55. The molecular weight excluding hydrogens is 300 g/mol. The van der Waals surface area contributed by atoms with Gasteiger partial charge in [-0.2, -0.15) is 0 Å². The second-order valence-electron chi connectivity index (χ2n) is 6.92. The van der Waals surface area contributed by atoms with Gasteiger partial charge in [0, 0.05) is 32.6 Å². The second kappa shape index (κ2) is 8.32. The summed E-state index contributed by atoms with van der Waals surface area (Å²) in [5.74, 6) is 0.403. The average molecular weight is 330 g/mol. The minimum atomic E-state index is 0.172. The van der Waals surface area contributed by atoms with Crippen LogP contribution in [0, 0.1) is 20.8 Å². The molecule has 0 atom stereocenters. The number of hydrogen-bond donors (Lipinski definition) is 0. The molecule has 1 aromatic carbocycles. The van der Waals surface area contributed by atoms with Crippen LogP contribution in [0.1, 0.15) is 48.4 Å². The number of hydrogen-bond acceptors (Lipinski definition) is 2. The third kappa shape index (κ3) is 4.59. The third-order valence-electron chi connectivity index (χ3n) is 4.90. The molecule has 0 saturated carbocycles. The van der Waals surface area contributed by atoms with Crippen molar-refractivity contribution < 1.29 is 9.59 Å². The van der Waals surface area contributed by atoms with Gasteiger partial charge in [0.25, 0.3) is 0 Å². The number of unbranched alkanes of at least 4 members (excludes halogenated alkanes) is 1. The van der Waals surface area contributed by atoms with Gasteiger partial charge in [-0.05, 0) is 43.9 Å². The summed E-state index contributed by atoms with van der Waals surface area (Å²) in [6.07, 6.45) is 3.08. The summed E-state index contributed by atoms with van der Waals surface area (Å²) in [4.78, 5) is 28.5. The Kier molecular flexibility index (Phi) is 6.41. The lowest BCUT2D eigenvalue weighted by atomic mass is 9.97. The van der Waals surface area contributed by atoms with Gasteiger partial charge in [-0.25, -0.2) is 0 Å². The first-order chi connectivity index (χ1) is 11.4. The number of amides is 2. The van der Waals surface area contributed by atoms with Crippen LogP contribution < -0.4 is 0 Å². The molecule has 1 fully saturated rings. The van der Waals surface area contributed by atoms with E-state index in [2.05, 4.69) is 39.8 Å². The Morgan fingerprint density at radius 2 is 1.42 bits per heavy atom. The quantitative estimate of drug-likeness (QED) is 0.833. The van der Waals surface area contributed by atoms with E-state index in [0.29, 0.717) is 39.0 Å². The zero-order chi connectivity index (χ0) is 17.7. The van der Waals surface area contributed by atoms with E-state index in [1.807, 2.05) is 9.80 Å². The van der Waals surface area contributed by atoms with Crippen molar-refractivity contribution in [1.82, 2.24) is 9.80 Å². The monoisotopic (exact) mass is 330 g/mol. The van der Waals surface area contributed by atoms with E-state index in [0.717, 1.165) is 18.4 Å². The fourth-order valence-electron chi connectivity index (χ4n) is 3.44.